The zero-order valence-corrected chi connectivity index (χ0v) is 14.1. The summed E-state index contributed by atoms with van der Waals surface area (Å²) < 4.78 is 10.9. The van der Waals surface area contributed by atoms with Gasteiger partial charge in [-0.1, -0.05) is 29.3 Å². The Bertz CT molecular complexity index is 501. The highest BCUT2D eigenvalue weighted by molar-refractivity contribution is 6.42. The lowest BCUT2D eigenvalue weighted by atomic mass is 9.93. The zero-order valence-electron chi connectivity index (χ0n) is 11.8. The summed E-state index contributed by atoms with van der Waals surface area (Å²) >= 11 is 12.0. The topological polar surface area (TPSA) is 67.8 Å². The van der Waals surface area contributed by atoms with E-state index in [9.17, 15) is 4.79 Å². The zero-order chi connectivity index (χ0) is 15.2. The smallest absolute Gasteiger partial charge is 0.329 e. The molecule has 0 saturated carbocycles. The van der Waals surface area contributed by atoms with Crippen molar-refractivity contribution < 1.29 is 19.4 Å². The second-order valence-electron chi connectivity index (χ2n) is 4.80. The highest BCUT2D eigenvalue weighted by Crippen LogP contribution is 2.29. The van der Waals surface area contributed by atoms with Crippen LogP contribution in [0.2, 0.25) is 10.0 Å². The van der Waals surface area contributed by atoms with Crippen LogP contribution in [-0.4, -0.2) is 50.1 Å². The summed E-state index contributed by atoms with van der Waals surface area (Å²) in [6, 6.07) is 5.47. The van der Waals surface area contributed by atoms with E-state index in [1.54, 1.807) is 6.07 Å². The third kappa shape index (κ3) is 5.57. The molecule has 8 heteroatoms. The molecule has 0 aliphatic carbocycles. The van der Waals surface area contributed by atoms with Crippen LogP contribution < -0.4 is 5.32 Å². The molecule has 2 unspecified atom stereocenters. The molecular weight excluding hydrogens is 353 g/mol. The molecule has 1 aromatic carbocycles. The molecule has 0 aromatic heterocycles. The molecule has 0 bridgehead atoms. The average Bonchev–Trinajstić information content (AvgIpc) is 2.67. The number of nitrogens with one attached hydrogen (secondary N) is 1. The molecule has 2 N–H and O–H groups in total. The maximum atomic E-state index is 10.5. The number of carbonyl (C=O) groups is 1. The molecule has 1 aromatic rings. The fourth-order valence-corrected chi connectivity index (χ4v) is 2.60. The van der Waals surface area contributed by atoms with Gasteiger partial charge in [0.05, 0.1) is 29.4 Å². The van der Waals surface area contributed by atoms with Gasteiger partial charge >= 0.3 is 5.97 Å². The van der Waals surface area contributed by atoms with Gasteiger partial charge in [0.2, 0.25) is 0 Å². The number of rotatable bonds is 5. The number of halogens is 3. The molecule has 124 valence electrons. The van der Waals surface area contributed by atoms with E-state index < -0.39 is 5.97 Å². The first kappa shape index (κ1) is 19.5. The van der Waals surface area contributed by atoms with Gasteiger partial charge < -0.3 is 19.9 Å². The first-order chi connectivity index (χ1) is 10.1. The lowest BCUT2D eigenvalue weighted by Gasteiger charge is -2.25. The predicted octanol–water partition coefficient (Wildman–Crippen LogP) is 2.59. The van der Waals surface area contributed by atoms with Crippen LogP contribution in [0, 0.1) is 0 Å². The average molecular weight is 371 g/mol. The van der Waals surface area contributed by atoms with Crippen molar-refractivity contribution in [1.29, 1.82) is 0 Å². The minimum absolute atomic E-state index is 0. The van der Waals surface area contributed by atoms with Crippen LogP contribution in [0.5, 0.6) is 0 Å². The van der Waals surface area contributed by atoms with Crippen molar-refractivity contribution in [2.24, 2.45) is 0 Å². The van der Waals surface area contributed by atoms with Gasteiger partial charge in [-0.15, -0.1) is 12.4 Å². The summed E-state index contributed by atoms with van der Waals surface area (Å²) in [4.78, 5) is 10.5. The second kappa shape index (κ2) is 9.55. The standard InChI is InChI=1S/C14H17Cl2NO4.ClH/c15-11-2-1-9(5-12(11)16)10-6-17-3-4-21-13(10)7-20-8-14(18)19;/h1-2,5,10,13,17H,3-4,6-8H2,(H,18,19);1H. The van der Waals surface area contributed by atoms with Crippen LogP contribution in [0.3, 0.4) is 0 Å². The van der Waals surface area contributed by atoms with E-state index in [0.29, 0.717) is 23.2 Å². The molecule has 5 nitrogen and oxygen atoms in total. The Morgan fingerprint density at radius 1 is 1.41 bits per heavy atom. The van der Waals surface area contributed by atoms with E-state index in [-0.39, 0.29) is 37.6 Å². The monoisotopic (exact) mass is 369 g/mol. The summed E-state index contributed by atoms with van der Waals surface area (Å²) in [7, 11) is 0. The van der Waals surface area contributed by atoms with Crippen molar-refractivity contribution in [3.63, 3.8) is 0 Å². The molecule has 0 amide bonds. The lowest BCUT2D eigenvalue weighted by Crippen LogP contribution is -2.31. The van der Waals surface area contributed by atoms with Crippen LogP contribution in [0.15, 0.2) is 18.2 Å². The number of hydrogen-bond donors (Lipinski definition) is 2. The van der Waals surface area contributed by atoms with Gasteiger partial charge in [-0.05, 0) is 17.7 Å². The van der Waals surface area contributed by atoms with Crippen molar-refractivity contribution in [1.82, 2.24) is 5.32 Å². The van der Waals surface area contributed by atoms with E-state index in [1.165, 1.54) is 0 Å². The van der Waals surface area contributed by atoms with E-state index in [2.05, 4.69) is 5.32 Å². The summed E-state index contributed by atoms with van der Waals surface area (Å²) in [5.74, 6) is -0.969. The Kier molecular flexibility index (Phi) is 8.46. The van der Waals surface area contributed by atoms with Crippen molar-refractivity contribution in [2.45, 2.75) is 12.0 Å². The molecule has 1 heterocycles. The van der Waals surface area contributed by atoms with Crippen LogP contribution in [0.25, 0.3) is 0 Å². The van der Waals surface area contributed by atoms with E-state index in [1.807, 2.05) is 12.1 Å². The third-order valence-electron chi connectivity index (χ3n) is 3.30. The van der Waals surface area contributed by atoms with Crippen LogP contribution in [0.4, 0.5) is 0 Å². The van der Waals surface area contributed by atoms with Gasteiger partial charge in [-0.2, -0.15) is 0 Å². The molecule has 1 saturated heterocycles. The minimum Gasteiger partial charge on any atom is -0.480 e. The van der Waals surface area contributed by atoms with Crippen molar-refractivity contribution in [2.75, 3.05) is 32.9 Å². The molecule has 0 radical (unpaired) electrons. The number of carboxylic acids is 1. The number of aliphatic carboxylic acids is 1. The van der Waals surface area contributed by atoms with Crippen molar-refractivity contribution in [3.05, 3.63) is 33.8 Å². The van der Waals surface area contributed by atoms with E-state index in [0.717, 1.165) is 12.1 Å². The summed E-state index contributed by atoms with van der Waals surface area (Å²) in [5.41, 5.74) is 0.989. The van der Waals surface area contributed by atoms with Gasteiger partial charge in [-0.3, -0.25) is 0 Å². The maximum absolute atomic E-state index is 10.5. The molecule has 1 fully saturated rings. The maximum Gasteiger partial charge on any atom is 0.329 e. The Labute approximate surface area is 145 Å². The lowest BCUT2D eigenvalue weighted by molar-refractivity contribution is -0.143. The predicted molar refractivity (Wildman–Crippen MR) is 87.5 cm³/mol. The summed E-state index contributed by atoms with van der Waals surface area (Å²) in [5, 5.41) is 12.9. The largest absolute Gasteiger partial charge is 0.480 e. The van der Waals surface area contributed by atoms with Crippen LogP contribution in [0.1, 0.15) is 11.5 Å². The van der Waals surface area contributed by atoms with Gasteiger partial charge in [0.25, 0.3) is 0 Å². The van der Waals surface area contributed by atoms with Crippen molar-refractivity contribution in [3.8, 4) is 0 Å². The normalized spacial score (nSPS) is 21.7. The highest BCUT2D eigenvalue weighted by atomic mass is 35.5. The van der Waals surface area contributed by atoms with Gasteiger partial charge in [-0.25, -0.2) is 4.79 Å². The molecule has 22 heavy (non-hydrogen) atoms. The highest BCUT2D eigenvalue weighted by Gasteiger charge is 2.27. The minimum atomic E-state index is -0.993. The number of carboxylic acid groups (broad SMARTS) is 1. The molecule has 2 rings (SSSR count). The van der Waals surface area contributed by atoms with E-state index >= 15 is 0 Å². The SMILES string of the molecule is Cl.O=C(O)COCC1OCCNCC1c1ccc(Cl)c(Cl)c1. The first-order valence-electron chi connectivity index (χ1n) is 6.64. The van der Waals surface area contributed by atoms with Crippen molar-refractivity contribution >= 4 is 41.6 Å². The Morgan fingerprint density at radius 2 is 2.18 bits per heavy atom. The van der Waals surface area contributed by atoms with Gasteiger partial charge in [0.15, 0.2) is 0 Å². The second-order valence-corrected chi connectivity index (χ2v) is 5.62. The quantitative estimate of drug-likeness (QED) is 0.834. The third-order valence-corrected chi connectivity index (χ3v) is 4.04. The molecule has 0 spiro atoms. The molecular formula is C14H18Cl3NO4. The van der Waals surface area contributed by atoms with E-state index in [4.69, 9.17) is 37.8 Å². The number of hydrogen-bond acceptors (Lipinski definition) is 4. The van der Waals surface area contributed by atoms with Crippen LogP contribution in [-0.2, 0) is 14.3 Å². The fourth-order valence-electron chi connectivity index (χ4n) is 2.29. The molecule has 1 aliphatic rings. The fraction of sp³-hybridized carbons (Fsp3) is 0.500. The first-order valence-corrected chi connectivity index (χ1v) is 7.40. The summed E-state index contributed by atoms with van der Waals surface area (Å²) in [6.07, 6.45) is -0.225. The molecule has 2 atom stereocenters. The summed E-state index contributed by atoms with van der Waals surface area (Å²) in [6.45, 7) is 1.89. The Balaban J connectivity index is 0.00000242. The Morgan fingerprint density at radius 3 is 2.86 bits per heavy atom. The number of benzene rings is 1. The van der Waals surface area contributed by atoms with Gasteiger partial charge in [0.1, 0.15) is 6.61 Å². The molecule has 1 aliphatic heterocycles. The van der Waals surface area contributed by atoms with Gasteiger partial charge in [0, 0.05) is 19.0 Å². The Hall–Kier alpha value is -0.560. The number of ether oxygens (including phenoxy) is 2. The van der Waals surface area contributed by atoms with Crippen LogP contribution >= 0.6 is 35.6 Å².